The van der Waals surface area contributed by atoms with Crippen molar-refractivity contribution < 1.29 is 13.9 Å². The number of aromatic nitrogens is 2. The third-order valence-corrected chi connectivity index (χ3v) is 6.40. The van der Waals surface area contributed by atoms with Crippen LogP contribution in [0.1, 0.15) is 11.6 Å². The van der Waals surface area contributed by atoms with Gasteiger partial charge in [0.25, 0.3) is 11.1 Å². The van der Waals surface area contributed by atoms with E-state index >= 15 is 0 Å². The molecule has 1 amide bonds. The molecule has 0 radical (unpaired) electrons. The maximum Gasteiger partial charge on any atom is 0.277 e. The highest BCUT2D eigenvalue weighted by molar-refractivity contribution is 7.99. The molecule has 0 saturated heterocycles. The summed E-state index contributed by atoms with van der Waals surface area (Å²) < 4.78 is 11.6. The number of anilines is 1. The van der Waals surface area contributed by atoms with Crippen LogP contribution in [0.5, 0.6) is 5.75 Å². The molecular formula is C22H17N3O3S2. The molecule has 150 valence electrons. The zero-order valence-electron chi connectivity index (χ0n) is 15.8. The Morgan fingerprint density at radius 2 is 1.90 bits per heavy atom. The summed E-state index contributed by atoms with van der Waals surface area (Å²) in [6.07, 6.45) is 0. The molecule has 1 unspecified atom stereocenters. The molecule has 3 heterocycles. The lowest BCUT2D eigenvalue weighted by molar-refractivity contribution is -0.117. The van der Waals surface area contributed by atoms with Crippen LogP contribution in [0.2, 0.25) is 0 Å². The molecule has 0 saturated carbocycles. The number of carbonyl (C=O) groups is 1. The van der Waals surface area contributed by atoms with Gasteiger partial charge in [0.1, 0.15) is 12.4 Å². The average molecular weight is 436 g/mol. The predicted octanol–water partition coefficient (Wildman–Crippen LogP) is 5.06. The normalized spacial score (nSPS) is 15.5. The Morgan fingerprint density at radius 3 is 2.73 bits per heavy atom. The molecular weight excluding hydrogens is 418 g/mol. The highest BCUT2D eigenvalue weighted by Crippen LogP contribution is 2.40. The fourth-order valence-corrected chi connectivity index (χ4v) is 4.65. The first-order valence-corrected chi connectivity index (χ1v) is 11.2. The molecule has 4 aromatic rings. The Kier molecular flexibility index (Phi) is 5.25. The van der Waals surface area contributed by atoms with Crippen molar-refractivity contribution in [2.24, 2.45) is 0 Å². The Hall–Kier alpha value is -3.10. The van der Waals surface area contributed by atoms with Crippen LogP contribution in [0.4, 0.5) is 5.69 Å². The van der Waals surface area contributed by atoms with E-state index in [2.05, 4.69) is 10.2 Å². The summed E-state index contributed by atoms with van der Waals surface area (Å²) in [6.45, 7) is 0.403. The second kappa shape index (κ2) is 8.33. The van der Waals surface area contributed by atoms with E-state index in [1.54, 1.807) is 0 Å². The van der Waals surface area contributed by atoms with Gasteiger partial charge in [-0.25, -0.2) is 0 Å². The van der Waals surface area contributed by atoms with Gasteiger partial charge in [0.15, 0.2) is 0 Å². The van der Waals surface area contributed by atoms with E-state index in [0.717, 1.165) is 16.1 Å². The standard InChI is InChI=1S/C22H17N3O3S2/c26-20(14-30-22-24-23-21(28-22)19-11-6-12-29-19)25-16-9-4-5-10-18(16)27-13-17(25)15-7-2-1-3-8-15/h1-12,17H,13-14H2. The zero-order valence-corrected chi connectivity index (χ0v) is 17.4. The number of carbonyl (C=O) groups excluding carboxylic acids is 1. The van der Waals surface area contributed by atoms with Gasteiger partial charge in [-0.1, -0.05) is 60.3 Å². The fraction of sp³-hybridized carbons (Fsp3) is 0.136. The van der Waals surface area contributed by atoms with E-state index in [0.29, 0.717) is 23.5 Å². The summed E-state index contributed by atoms with van der Waals surface area (Å²) in [5.41, 5.74) is 1.80. The summed E-state index contributed by atoms with van der Waals surface area (Å²) in [5, 5.41) is 10.5. The lowest BCUT2D eigenvalue weighted by Gasteiger charge is -2.37. The molecule has 30 heavy (non-hydrogen) atoms. The van der Waals surface area contributed by atoms with Crippen LogP contribution in [0.3, 0.4) is 0 Å². The van der Waals surface area contributed by atoms with Crippen molar-refractivity contribution in [3.63, 3.8) is 0 Å². The van der Waals surface area contributed by atoms with E-state index in [9.17, 15) is 4.79 Å². The predicted molar refractivity (Wildman–Crippen MR) is 117 cm³/mol. The molecule has 6 nitrogen and oxygen atoms in total. The Labute approximate surface area is 181 Å². The number of amides is 1. The van der Waals surface area contributed by atoms with Gasteiger partial charge >= 0.3 is 0 Å². The number of rotatable bonds is 5. The summed E-state index contributed by atoms with van der Waals surface area (Å²) in [4.78, 5) is 16.0. The van der Waals surface area contributed by atoms with E-state index < -0.39 is 0 Å². The van der Waals surface area contributed by atoms with Crippen molar-refractivity contribution in [2.45, 2.75) is 11.3 Å². The van der Waals surface area contributed by atoms with Crippen molar-refractivity contribution in [2.75, 3.05) is 17.3 Å². The minimum absolute atomic E-state index is 0.0412. The number of fused-ring (bicyclic) bond motifs is 1. The molecule has 0 N–H and O–H groups in total. The molecule has 0 spiro atoms. The Balaban J connectivity index is 1.38. The lowest BCUT2D eigenvalue weighted by atomic mass is 10.0. The molecule has 2 aromatic carbocycles. The highest BCUT2D eigenvalue weighted by atomic mass is 32.2. The first kappa shape index (κ1) is 18.9. The molecule has 1 atom stereocenters. The van der Waals surface area contributed by atoms with Gasteiger partial charge < -0.3 is 9.15 Å². The van der Waals surface area contributed by atoms with Gasteiger partial charge in [-0.05, 0) is 29.1 Å². The number of hydrogen-bond acceptors (Lipinski definition) is 7. The third kappa shape index (κ3) is 3.71. The second-order valence-electron chi connectivity index (χ2n) is 6.61. The van der Waals surface area contributed by atoms with Crippen molar-refractivity contribution in [1.29, 1.82) is 0 Å². The van der Waals surface area contributed by atoms with E-state index in [4.69, 9.17) is 9.15 Å². The number of para-hydroxylation sites is 2. The van der Waals surface area contributed by atoms with Gasteiger partial charge in [0, 0.05) is 0 Å². The zero-order chi connectivity index (χ0) is 20.3. The summed E-state index contributed by atoms with van der Waals surface area (Å²) >= 11 is 2.78. The van der Waals surface area contributed by atoms with E-state index in [1.807, 2.05) is 77.0 Å². The van der Waals surface area contributed by atoms with Crippen LogP contribution in [0.15, 0.2) is 81.8 Å². The molecule has 1 aliphatic heterocycles. The van der Waals surface area contributed by atoms with Crippen LogP contribution in [-0.2, 0) is 4.79 Å². The minimum Gasteiger partial charge on any atom is -0.489 e. The monoisotopic (exact) mass is 435 g/mol. The molecule has 1 aliphatic rings. The van der Waals surface area contributed by atoms with Crippen LogP contribution in [0.25, 0.3) is 10.8 Å². The van der Waals surface area contributed by atoms with Crippen molar-refractivity contribution in [1.82, 2.24) is 10.2 Å². The maximum atomic E-state index is 13.3. The number of nitrogens with zero attached hydrogens (tertiary/aromatic N) is 3. The molecule has 0 aliphatic carbocycles. The number of ether oxygens (including phenoxy) is 1. The highest BCUT2D eigenvalue weighted by Gasteiger charge is 2.33. The minimum atomic E-state index is -0.196. The number of thiophene rings is 1. The number of thioether (sulfide) groups is 1. The van der Waals surface area contributed by atoms with Crippen molar-refractivity contribution in [3.05, 3.63) is 77.7 Å². The van der Waals surface area contributed by atoms with Gasteiger partial charge in [0.2, 0.25) is 5.91 Å². The third-order valence-electron chi connectivity index (χ3n) is 4.74. The smallest absolute Gasteiger partial charge is 0.277 e. The first-order chi connectivity index (χ1) is 14.8. The molecule has 0 bridgehead atoms. The lowest BCUT2D eigenvalue weighted by Crippen LogP contribution is -2.42. The van der Waals surface area contributed by atoms with E-state index in [-0.39, 0.29) is 17.7 Å². The average Bonchev–Trinajstić information content (AvgIpc) is 3.49. The second-order valence-corrected chi connectivity index (χ2v) is 8.48. The molecule has 2 aromatic heterocycles. The summed E-state index contributed by atoms with van der Waals surface area (Å²) in [7, 11) is 0. The Morgan fingerprint density at radius 1 is 1.07 bits per heavy atom. The van der Waals surface area contributed by atoms with Gasteiger partial charge in [-0.15, -0.1) is 21.5 Å². The topological polar surface area (TPSA) is 68.5 Å². The molecule has 5 rings (SSSR count). The number of hydrogen-bond donors (Lipinski definition) is 0. The van der Waals surface area contributed by atoms with E-state index in [1.165, 1.54) is 23.1 Å². The van der Waals surface area contributed by atoms with Crippen LogP contribution in [-0.4, -0.2) is 28.5 Å². The van der Waals surface area contributed by atoms with Crippen molar-refractivity contribution >= 4 is 34.7 Å². The number of benzene rings is 2. The maximum absolute atomic E-state index is 13.3. The van der Waals surface area contributed by atoms with Crippen LogP contribution >= 0.6 is 23.1 Å². The van der Waals surface area contributed by atoms with Gasteiger partial charge in [0.05, 0.1) is 22.4 Å². The van der Waals surface area contributed by atoms with Crippen LogP contribution in [0, 0.1) is 0 Å². The Bertz CT molecular complexity index is 1150. The van der Waals surface area contributed by atoms with Gasteiger partial charge in [-0.3, -0.25) is 9.69 Å². The first-order valence-electron chi connectivity index (χ1n) is 9.38. The molecule has 8 heteroatoms. The fourth-order valence-electron chi connectivity index (χ4n) is 3.38. The van der Waals surface area contributed by atoms with Gasteiger partial charge in [-0.2, -0.15) is 0 Å². The quantitative estimate of drug-likeness (QED) is 0.408. The summed E-state index contributed by atoms with van der Waals surface area (Å²) in [6, 6.07) is 21.2. The largest absolute Gasteiger partial charge is 0.489 e. The van der Waals surface area contributed by atoms with Crippen molar-refractivity contribution in [3.8, 4) is 16.5 Å². The molecule has 0 fully saturated rings. The summed E-state index contributed by atoms with van der Waals surface area (Å²) in [5.74, 6) is 1.32. The SMILES string of the molecule is O=C(CSc1nnc(-c2cccs2)o1)N1c2ccccc2OCC1c1ccccc1. The van der Waals surface area contributed by atoms with Crippen LogP contribution < -0.4 is 9.64 Å².